The molecule has 108 valence electrons. The molecule has 20 heavy (non-hydrogen) atoms. The number of methoxy groups -OCH3 is 1. The molecule has 0 spiro atoms. The predicted octanol–water partition coefficient (Wildman–Crippen LogP) is 3.23. The van der Waals surface area contributed by atoms with Gasteiger partial charge in [0.2, 0.25) is 0 Å². The largest absolute Gasteiger partial charge is 0.497 e. The summed E-state index contributed by atoms with van der Waals surface area (Å²) < 4.78 is 6.79. The Morgan fingerprint density at radius 1 is 1.30 bits per heavy atom. The van der Waals surface area contributed by atoms with E-state index in [1.807, 2.05) is 24.3 Å². The average Bonchev–Trinajstić information content (AvgIpc) is 2.74. The van der Waals surface area contributed by atoms with Crippen LogP contribution < -0.4 is 4.74 Å². The van der Waals surface area contributed by atoms with Crippen LogP contribution in [0.15, 0.2) is 24.3 Å². The lowest BCUT2D eigenvalue weighted by Gasteiger charge is -2.05. The molecule has 0 saturated heterocycles. The second kappa shape index (κ2) is 6.29. The number of halogens is 1. The summed E-state index contributed by atoms with van der Waals surface area (Å²) in [4.78, 5) is 0. The van der Waals surface area contributed by atoms with E-state index >= 15 is 0 Å². The minimum absolute atomic E-state index is 0.100. The van der Waals surface area contributed by atoms with Crippen molar-refractivity contribution in [3.63, 3.8) is 0 Å². The van der Waals surface area contributed by atoms with Crippen molar-refractivity contribution in [2.75, 3.05) is 7.11 Å². The molecular weight excluding hydrogens is 276 g/mol. The summed E-state index contributed by atoms with van der Waals surface area (Å²) >= 11 is 6.33. The summed E-state index contributed by atoms with van der Waals surface area (Å²) in [6.07, 6.45) is 0.790. The molecule has 1 aromatic carbocycles. The van der Waals surface area contributed by atoms with Crippen LogP contribution in [0.3, 0.4) is 0 Å². The Morgan fingerprint density at radius 3 is 2.45 bits per heavy atom. The highest BCUT2D eigenvalue weighted by atomic mass is 35.5. The molecule has 5 heteroatoms. The van der Waals surface area contributed by atoms with Crippen LogP contribution in [0.25, 0.3) is 5.69 Å². The van der Waals surface area contributed by atoms with Gasteiger partial charge in [0.25, 0.3) is 0 Å². The zero-order valence-corrected chi connectivity index (χ0v) is 12.7. The van der Waals surface area contributed by atoms with E-state index in [1.165, 1.54) is 0 Å². The standard InChI is InChI=1S/C15H19ClN2O2/c1-10(2)8-14-13(9-19)15(16)18(17-14)11-4-6-12(20-3)7-5-11/h4-7,10,19H,8-9H2,1-3H3. The van der Waals surface area contributed by atoms with Gasteiger partial charge in [0, 0.05) is 5.56 Å². The molecule has 0 aliphatic rings. The van der Waals surface area contributed by atoms with Gasteiger partial charge < -0.3 is 9.84 Å². The molecule has 0 fully saturated rings. The van der Waals surface area contributed by atoms with Crippen LogP contribution in [0.4, 0.5) is 0 Å². The molecule has 2 rings (SSSR count). The lowest BCUT2D eigenvalue weighted by Crippen LogP contribution is -2.00. The van der Waals surface area contributed by atoms with Crippen molar-refractivity contribution in [2.45, 2.75) is 26.9 Å². The van der Waals surface area contributed by atoms with E-state index < -0.39 is 0 Å². The van der Waals surface area contributed by atoms with Crippen molar-refractivity contribution in [2.24, 2.45) is 5.92 Å². The molecule has 0 amide bonds. The van der Waals surface area contributed by atoms with Gasteiger partial charge in [0.1, 0.15) is 10.9 Å². The van der Waals surface area contributed by atoms with Gasteiger partial charge in [0.05, 0.1) is 25.1 Å². The van der Waals surface area contributed by atoms with Crippen LogP contribution in [-0.4, -0.2) is 22.0 Å². The van der Waals surface area contributed by atoms with Crippen molar-refractivity contribution in [1.29, 1.82) is 0 Å². The Hall–Kier alpha value is -1.52. The van der Waals surface area contributed by atoms with Crippen LogP contribution in [0.2, 0.25) is 5.15 Å². The zero-order chi connectivity index (χ0) is 14.7. The first-order valence-electron chi connectivity index (χ1n) is 6.58. The summed E-state index contributed by atoms with van der Waals surface area (Å²) in [7, 11) is 1.63. The number of ether oxygens (including phenoxy) is 1. The van der Waals surface area contributed by atoms with E-state index in [0.717, 1.165) is 23.6 Å². The molecule has 1 heterocycles. The van der Waals surface area contributed by atoms with Crippen LogP contribution in [-0.2, 0) is 13.0 Å². The highest BCUT2D eigenvalue weighted by molar-refractivity contribution is 6.30. The van der Waals surface area contributed by atoms with Crippen LogP contribution in [0.1, 0.15) is 25.1 Å². The quantitative estimate of drug-likeness (QED) is 0.921. The smallest absolute Gasteiger partial charge is 0.138 e. The van der Waals surface area contributed by atoms with Gasteiger partial charge in [-0.25, -0.2) is 4.68 Å². The third-order valence-corrected chi connectivity index (χ3v) is 3.47. The summed E-state index contributed by atoms with van der Waals surface area (Å²) in [6, 6.07) is 7.48. The number of aliphatic hydroxyl groups is 1. The minimum atomic E-state index is -0.100. The van der Waals surface area contributed by atoms with Crippen molar-refractivity contribution < 1.29 is 9.84 Å². The molecule has 0 unspecified atom stereocenters. The summed E-state index contributed by atoms with van der Waals surface area (Å²) in [6.45, 7) is 4.12. The molecule has 1 aromatic heterocycles. The number of hydrogen-bond acceptors (Lipinski definition) is 3. The molecule has 2 aromatic rings. The Morgan fingerprint density at radius 2 is 1.95 bits per heavy atom. The van der Waals surface area contributed by atoms with Crippen molar-refractivity contribution in [3.8, 4) is 11.4 Å². The van der Waals surface area contributed by atoms with Gasteiger partial charge in [-0.1, -0.05) is 25.4 Å². The Bertz CT molecular complexity index is 576. The molecule has 0 saturated carbocycles. The zero-order valence-electron chi connectivity index (χ0n) is 11.9. The minimum Gasteiger partial charge on any atom is -0.497 e. The molecule has 4 nitrogen and oxygen atoms in total. The molecule has 0 radical (unpaired) electrons. The van der Waals surface area contributed by atoms with E-state index in [1.54, 1.807) is 11.8 Å². The summed E-state index contributed by atoms with van der Waals surface area (Å²) in [5.41, 5.74) is 2.40. The molecule has 0 bridgehead atoms. The van der Waals surface area contributed by atoms with Crippen molar-refractivity contribution in [3.05, 3.63) is 40.7 Å². The first-order chi connectivity index (χ1) is 9.56. The fourth-order valence-corrected chi connectivity index (χ4v) is 2.38. The predicted molar refractivity (Wildman–Crippen MR) is 79.6 cm³/mol. The topological polar surface area (TPSA) is 47.3 Å². The average molecular weight is 295 g/mol. The highest BCUT2D eigenvalue weighted by Gasteiger charge is 2.17. The maximum atomic E-state index is 9.50. The maximum absolute atomic E-state index is 9.50. The number of rotatable bonds is 5. The highest BCUT2D eigenvalue weighted by Crippen LogP contribution is 2.26. The molecule has 0 aliphatic heterocycles. The normalized spacial score (nSPS) is 11.1. The number of hydrogen-bond donors (Lipinski definition) is 1. The Balaban J connectivity index is 2.42. The van der Waals surface area contributed by atoms with Crippen molar-refractivity contribution in [1.82, 2.24) is 9.78 Å². The first kappa shape index (κ1) is 14.9. The van der Waals surface area contributed by atoms with Gasteiger partial charge in [-0.2, -0.15) is 5.10 Å². The van der Waals surface area contributed by atoms with Crippen LogP contribution in [0, 0.1) is 5.92 Å². The lowest BCUT2D eigenvalue weighted by molar-refractivity contribution is 0.280. The molecular formula is C15H19ClN2O2. The van der Waals surface area contributed by atoms with Crippen LogP contribution >= 0.6 is 11.6 Å². The SMILES string of the molecule is COc1ccc(-n2nc(CC(C)C)c(CO)c2Cl)cc1. The second-order valence-corrected chi connectivity index (χ2v) is 5.44. The molecule has 0 atom stereocenters. The molecule has 1 N–H and O–H groups in total. The van der Waals surface area contributed by atoms with Crippen LogP contribution in [0.5, 0.6) is 5.75 Å². The van der Waals surface area contributed by atoms with E-state index in [-0.39, 0.29) is 6.61 Å². The monoisotopic (exact) mass is 294 g/mol. The number of aromatic nitrogens is 2. The fourth-order valence-electron chi connectivity index (χ4n) is 2.07. The number of nitrogens with zero attached hydrogens (tertiary/aromatic N) is 2. The van der Waals surface area contributed by atoms with Gasteiger partial charge in [0.15, 0.2) is 0 Å². The fraction of sp³-hybridized carbons (Fsp3) is 0.400. The first-order valence-corrected chi connectivity index (χ1v) is 6.96. The third-order valence-electron chi connectivity index (χ3n) is 3.08. The summed E-state index contributed by atoms with van der Waals surface area (Å²) in [5.74, 6) is 1.23. The van der Waals surface area contributed by atoms with E-state index in [0.29, 0.717) is 16.6 Å². The third kappa shape index (κ3) is 2.97. The van der Waals surface area contributed by atoms with E-state index in [2.05, 4.69) is 18.9 Å². The van der Waals surface area contributed by atoms with E-state index in [4.69, 9.17) is 16.3 Å². The van der Waals surface area contributed by atoms with Crippen molar-refractivity contribution >= 4 is 11.6 Å². The van der Waals surface area contributed by atoms with Gasteiger partial charge in [-0.15, -0.1) is 0 Å². The van der Waals surface area contributed by atoms with Gasteiger partial charge in [-0.3, -0.25) is 0 Å². The number of benzene rings is 1. The van der Waals surface area contributed by atoms with Gasteiger partial charge in [-0.05, 0) is 36.6 Å². The maximum Gasteiger partial charge on any atom is 0.138 e. The lowest BCUT2D eigenvalue weighted by atomic mass is 10.1. The summed E-state index contributed by atoms with van der Waals surface area (Å²) in [5, 5.41) is 14.5. The second-order valence-electron chi connectivity index (χ2n) is 5.08. The number of aliphatic hydroxyl groups excluding tert-OH is 1. The van der Waals surface area contributed by atoms with E-state index in [9.17, 15) is 5.11 Å². The Kier molecular flexibility index (Phi) is 4.68. The van der Waals surface area contributed by atoms with Gasteiger partial charge >= 0.3 is 0 Å². The Labute approximate surface area is 123 Å². The molecule has 0 aliphatic carbocycles.